The molecule has 6 heteroatoms. The standard InChI is InChI=1S/C30H31NO5/c1-33-26-14-21-12-20(13-22-10-11-30(32)31(22)18-19-8-6-5-7-9-19)23-15-28(35-3)29(36-4)17-25(23)24(21)16-27(26)34-2/h5-9,12,14-17,22H,10-11,13,18H2,1-4H3. The zero-order chi connectivity index (χ0) is 25.2. The summed E-state index contributed by atoms with van der Waals surface area (Å²) >= 11 is 0. The summed E-state index contributed by atoms with van der Waals surface area (Å²) in [6, 6.07) is 20.6. The van der Waals surface area contributed by atoms with Crippen molar-refractivity contribution in [2.75, 3.05) is 28.4 Å². The molecule has 0 aromatic heterocycles. The third-order valence-corrected chi connectivity index (χ3v) is 7.15. The van der Waals surface area contributed by atoms with Crippen LogP contribution in [0, 0.1) is 0 Å². The third-order valence-electron chi connectivity index (χ3n) is 7.15. The predicted molar refractivity (Wildman–Crippen MR) is 141 cm³/mol. The van der Waals surface area contributed by atoms with Gasteiger partial charge in [-0.3, -0.25) is 4.79 Å². The summed E-state index contributed by atoms with van der Waals surface area (Å²) in [4.78, 5) is 14.9. The van der Waals surface area contributed by atoms with E-state index in [1.807, 2.05) is 47.4 Å². The van der Waals surface area contributed by atoms with Crippen LogP contribution in [0.25, 0.3) is 21.5 Å². The van der Waals surface area contributed by atoms with Crippen molar-refractivity contribution in [2.45, 2.75) is 31.8 Å². The van der Waals surface area contributed by atoms with E-state index in [0.29, 0.717) is 36.0 Å². The van der Waals surface area contributed by atoms with Crippen molar-refractivity contribution in [1.29, 1.82) is 0 Å². The molecule has 1 aliphatic heterocycles. The number of rotatable bonds is 8. The van der Waals surface area contributed by atoms with Gasteiger partial charge in [0.25, 0.3) is 0 Å². The fourth-order valence-electron chi connectivity index (χ4n) is 5.31. The van der Waals surface area contributed by atoms with Crippen molar-refractivity contribution < 1.29 is 23.7 Å². The summed E-state index contributed by atoms with van der Waals surface area (Å²) in [7, 11) is 6.58. The van der Waals surface area contributed by atoms with Gasteiger partial charge in [-0.15, -0.1) is 0 Å². The van der Waals surface area contributed by atoms with E-state index < -0.39 is 0 Å². The van der Waals surface area contributed by atoms with E-state index in [1.165, 1.54) is 0 Å². The minimum atomic E-state index is 0.117. The first-order valence-electron chi connectivity index (χ1n) is 12.1. The zero-order valence-corrected chi connectivity index (χ0v) is 21.2. The molecule has 0 radical (unpaired) electrons. The maximum absolute atomic E-state index is 12.9. The Kier molecular flexibility index (Phi) is 6.59. The van der Waals surface area contributed by atoms with E-state index in [4.69, 9.17) is 18.9 Å². The van der Waals surface area contributed by atoms with E-state index in [1.54, 1.807) is 28.4 Å². The Morgan fingerprint density at radius 1 is 0.750 bits per heavy atom. The molecule has 0 saturated carbocycles. The first-order chi connectivity index (χ1) is 17.6. The quantitative estimate of drug-likeness (QED) is 0.297. The maximum Gasteiger partial charge on any atom is 0.223 e. The number of carbonyl (C=O) groups excluding carboxylic acids is 1. The van der Waals surface area contributed by atoms with Crippen LogP contribution in [0.1, 0.15) is 24.0 Å². The Balaban J connectivity index is 1.64. The van der Waals surface area contributed by atoms with Gasteiger partial charge in [-0.25, -0.2) is 0 Å². The van der Waals surface area contributed by atoms with Crippen molar-refractivity contribution in [3.05, 3.63) is 71.8 Å². The van der Waals surface area contributed by atoms with E-state index in [2.05, 4.69) is 18.2 Å². The van der Waals surface area contributed by atoms with Crippen molar-refractivity contribution in [3.63, 3.8) is 0 Å². The number of benzene rings is 4. The monoisotopic (exact) mass is 485 g/mol. The highest BCUT2D eigenvalue weighted by Crippen LogP contribution is 2.42. The Morgan fingerprint density at radius 2 is 1.33 bits per heavy atom. The van der Waals surface area contributed by atoms with Gasteiger partial charge in [0.05, 0.1) is 28.4 Å². The summed E-state index contributed by atoms with van der Waals surface area (Å²) in [5, 5.41) is 4.20. The number of ether oxygens (including phenoxy) is 4. The van der Waals surface area contributed by atoms with E-state index in [-0.39, 0.29) is 11.9 Å². The number of methoxy groups -OCH3 is 4. The Morgan fingerprint density at radius 3 is 1.97 bits per heavy atom. The Labute approximate surface area is 211 Å². The largest absolute Gasteiger partial charge is 0.493 e. The summed E-state index contributed by atoms with van der Waals surface area (Å²) in [5.41, 5.74) is 2.30. The van der Waals surface area contributed by atoms with E-state index in [0.717, 1.165) is 45.5 Å². The SMILES string of the molecule is COc1cc2cc(CC3CCC(=O)N3Cc3ccccc3)c3cc(OC)c(OC)cc3c2cc1OC. The molecule has 6 nitrogen and oxygen atoms in total. The molecule has 1 unspecified atom stereocenters. The van der Waals surface area contributed by atoms with Crippen molar-refractivity contribution in [1.82, 2.24) is 4.90 Å². The topological polar surface area (TPSA) is 57.2 Å². The van der Waals surface area contributed by atoms with Gasteiger partial charge < -0.3 is 23.8 Å². The number of nitrogens with zero attached hydrogens (tertiary/aromatic N) is 1. The zero-order valence-electron chi connectivity index (χ0n) is 21.2. The molecule has 1 atom stereocenters. The van der Waals surface area contributed by atoms with Crippen molar-refractivity contribution in [3.8, 4) is 23.0 Å². The van der Waals surface area contributed by atoms with Crippen LogP contribution in [-0.4, -0.2) is 45.3 Å². The van der Waals surface area contributed by atoms with Gasteiger partial charge >= 0.3 is 0 Å². The molecule has 5 rings (SSSR count). The molecule has 0 spiro atoms. The molecule has 1 amide bonds. The molecule has 0 bridgehead atoms. The molecule has 4 aromatic carbocycles. The third kappa shape index (κ3) is 4.28. The number of fused-ring (bicyclic) bond motifs is 3. The normalized spacial score (nSPS) is 15.5. The fraction of sp³-hybridized carbons (Fsp3) is 0.300. The van der Waals surface area contributed by atoms with Crippen LogP contribution in [-0.2, 0) is 17.8 Å². The van der Waals surface area contributed by atoms with Crippen LogP contribution in [0.4, 0.5) is 0 Å². The Hall–Kier alpha value is -3.93. The molecular formula is C30H31NO5. The lowest BCUT2D eigenvalue weighted by Crippen LogP contribution is -2.33. The maximum atomic E-state index is 12.9. The van der Waals surface area contributed by atoms with Gasteiger partial charge in [-0.2, -0.15) is 0 Å². The molecule has 1 saturated heterocycles. The highest BCUT2D eigenvalue weighted by molar-refractivity contribution is 6.11. The lowest BCUT2D eigenvalue weighted by atomic mass is 9.92. The van der Waals surface area contributed by atoms with Crippen LogP contribution in [0.3, 0.4) is 0 Å². The van der Waals surface area contributed by atoms with Gasteiger partial charge in [0.15, 0.2) is 23.0 Å². The number of likely N-dealkylation sites (tertiary alicyclic amines) is 1. The second-order valence-electron chi connectivity index (χ2n) is 9.12. The highest BCUT2D eigenvalue weighted by atomic mass is 16.5. The number of carbonyl (C=O) groups is 1. The summed E-state index contributed by atoms with van der Waals surface area (Å²) in [6.07, 6.45) is 2.16. The molecule has 1 fully saturated rings. The molecule has 1 aliphatic rings. The number of hydrogen-bond donors (Lipinski definition) is 0. The Bertz CT molecular complexity index is 1420. The number of hydrogen-bond acceptors (Lipinski definition) is 5. The average molecular weight is 486 g/mol. The van der Waals surface area contributed by atoms with Crippen molar-refractivity contribution >= 4 is 27.5 Å². The lowest BCUT2D eigenvalue weighted by molar-refractivity contribution is -0.129. The smallest absolute Gasteiger partial charge is 0.223 e. The second kappa shape index (κ2) is 9.97. The van der Waals surface area contributed by atoms with E-state index >= 15 is 0 Å². The van der Waals surface area contributed by atoms with Gasteiger partial charge in [0.2, 0.25) is 5.91 Å². The van der Waals surface area contributed by atoms with Crippen LogP contribution >= 0.6 is 0 Å². The van der Waals surface area contributed by atoms with Crippen LogP contribution in [0.15, 0.2) is 60.7 Å². The molecule has 36 heavy (non-hydrogen) atoms. The van der Waals surface area contributed by atoms with Crippen LogP contribution < -0.4 is 18.9 Å². The summed E-state index contributed by atoms with van der Waals surface area (Å²) in [6.45, 7) is 0.623. The molecule has 1 heterocycles. The first-order valence-corrected chi connectivity index (χ1v) is 12.1. The van der Waals surface area contributed by atoms with Gasteiger partial charge in [0.1, 0.15) is 0 Å². The minimum absolute atomic E-state index is 0.117. The lowest BCUT2D eigenvalue weighted by Gasteiger charge is -2.26. The average Bonchev–Trinajstić information content (AvgIpc) is 3.25. The molecular weight excluding hydrogens is 454 g/mol. The van der Waals surface area contributed by atoms with Gasteiger partial charge in [-0.1, -0.05) is 36.4 Å². The molecule has 0 aliphatic carbocycles. The molecule has 0 N–H and O–H groups in total. The van der Waals surface area contributed by atoms with Gasteiger partial charge in [0, 0.05) is 19.0 Å². The van der Waals surface area contributed by atoms with Gasteiger partial charge in [-0.05, 0) is 69.8 Å². The fourth-order valence-corrected chi connectivity index (χ4v) is 5.31. The second-order valence-corrected chi connectivity index (χ2v) is 9.12. The highest BCUT2D eigenvalue weighted by Gasteiger charge is 2.31. The minimum Gasteiger partial charge on any atom is -0.493 e. The van der Waals surface area contributed by atoms with E-state index in [9.17, 15) is 4.79 Å². The molecule has 186 valence electrons. The summed E-state index contributed by atoms with van der Waals surface area (Å²) < 4.78 is 22.5. The first kappa shape index (κ1) is 23.8. The molecule has 4 aromatic rings. The van der Waals surface area contributed by atoms with Crippen LogP contribution in [0.5, 0.6) is 23.0 Å². The van der Waals surface area contributed by atoms with Crippen molar-refractivity contribution in [2.24, 2.45) is 0 Å². The predicted octanol–water partition coefficient (Wildman–Crippen LogP) is 5.76. The van der Waals surface area contributed by atoms with Crippen LogP contribution in [0.2, 0.25) is 0 Å². The number of amides is 1. The summed E-state index contributed by atoms with van der Waals surface area (Å²) in [5.74, 6) is 2.90.